The van der Waals surface area contributed by atoms with Gasteiger partial charge in [-0.3, -0.25) is 4.90 Å². The molecule has 1 aromatic heterocycles. The Labute approximate surface area is 227 Å². The second-order valence-electron chi connectivity index (χ2n) is 10.9. The summed E-state index contributed by atoms with van der Waals surface area (Å²) in [7, 11) is 3.65. The zero-order chi connectivity index (χ0) is 28.7. The number of nitrogens with zero attached hydrogens (tertiary/aromatic N) is 3. The number of nitrogens with one attached hydrogen (secondary N) is 1. The van der Waals surface area contributed by atoms with E-state index >= 15 is 4.39 Å². The topological polar surface area (TPSA) is 79.7 Å². The summed E-state index contributed by atoms with van der Waals surface area (Å²) in [6, 6.07) is 7.37. The Morgan fingerprint density at radius 3 is 2.51 bits per heavy atom. The fourth-order valence-corrected chi connectivity index (χ4v) is 4.96. The predicted octanol–water partition coefficient (Wildman–Crippen LogP) is 5.98. The number of alkyl halides is 2. The molecule has 3 aromatic rings. The van der Waals surface area contributed by atoms with Gasteiger partial charge in [0.15, 0.2) is 11.5 Å². The van der Waals surface area contributed by atoms with Gasteiger partial charge in [-0.25, -0.2) is 14.4 Å². The molecular weight excluding hydrogens is 509 g/mol. The summed E-state index contributed by atoms with van der Waals surface area (Å²) in [4.78, 5) is 11.4. The number of hydrogen-bond acceptors (Lipinski definition) is 7. The highest BCUT2D eigenvalue weighted by Gasteiger charge is 2.49. The van der Waals surface area contributed by atoms with E-state index in [9.17, 15) is 13.9 Å². The van der Waals surface area contributed by atoms with E-state index in [1.165, 1.54) is 12.1 Å². The summed E-state index contributed by atoms with van der Waals surface area (Å²) in [5.74, 6) is -2.94. The second kappa shape index (κ2) is 10.8. The molecule has 0 radical (unpaired) electrons. The van der Waals surface area contributed by atoms with Crippen LogP contribution >= 0.6 is 0 Å². The van der Waals surface area contributed by atoms with Gasteiger partial charge in [0.25, 0.3) is 0 Å². The Bertz CT molecular complexity index is 1350. The van der Waals surface area contributed by atoms with Crippen LogP contribution < -0.4 is 14.8 Å². The Morgan fingerprint density at radius 2 is 1.90 bits per heavy atom. The minimum absolute atomic E-state index is 0.0178. The number of hydrogen-bond donors (Lipinski definition) is 2. The molecule has 2 N–H and O–H groups in total. The molecule has 0 amide bonds. The number of halogens is 3. The highest BCUT2D eigenvalue weighted by atomic mass is 19.3. The molecule has 39 heavy (non-hydrogen) atoms. The van der Waals surface area contributed by atoms with E-state index in [1.807, 2.05) is 0 Å². The van der Waals surface area contributed by atoms with Crippen molar-refractivity contribution in [3.8, 4) is 11.5 Å². The van der Waals surface area contributed by atoms with Gasteiger partial charge in [0, 0.05) is 29.1 Å². The molecule has 1 saturated heterocycles. The van der Waals surface area contributed by atoms with Gasteiger partial charge in [-0.15, -0.1) is 0 Å². The first kappa shape index (κ1) is 28.9. The van der Waals surface area contributed by atoms with E-state index in [0.29, 0.717) is 46.7 Å². The molecular formula is C29H37F3N4O3. The summed E-state index contributed by atoms with van der Waals surface area (Å²) < 4.78 is 56.9. The van der Waals surface area contributed by atoms with Crippen LogP contribution in [-0.2, 0) is 5.92 Å². The maximum absolute atomic E-state index is 15.4. The minimum Gasteiger partial charge on any atom is -0.493 e. The summed E-state index contributed by atoms with van der Waals surface area (Å²) >= 11 is 0. The van der Waals surface area contributed by atoms with E-state index in [2.05, 4.69) is 34.2 Å². The number of fused-ring (bicyclic) bond motifs is 1. The zero-order valence-electron chi connectivity index (χ0n) is 23.5. The van der Waals surface area contributed by atoms with Crippen LogP contribution in [0.3, 0.4) is 0 Å². The van der Waals surface area contributed by atoms with Crippen molar-refractivity contribution in [3.63, 3.8) is 0 Å². The van der Waals surface area contributed by atoms with Gasteiger partial charge < -0.3 is 19.9 Å². The Kier molecular flexibility index (Phi) is 8.01. The van der Waals surface area contributed by atoms with Crippen molar-refractivity contribution in [2.45, 2.75) is 77.1 Å². The molecule has 1 aliphatic rings. The number of benzene rings is 2. The van der Waals surface area contributed by atoms with Gasteiger partial charge in [0.05, 0.1) is 24.2 Å². The van der Waals surface area contributed by atoms with Gasteiger partial charge in [-0.05, 0) is 66.6 Å². The van der Waals surface area contributed by atoms with Crippen LogP contribution in [0.4, 0.5) is 19.0 Å². The lowest BCUT2D eigenvalue weighted by Gasteiger charge is -2.30. The number of likely N-dealkylation sites (N-methyl/N-ethyl adjacent to an activating group) is 1. The molecule has 0 aliphatic carbocycles. The van der Waals surface area contributed by atoms with Gasteiger partial charge in [-0.2, -0.15) is 8.78 Å². The third-order valence-corrected chi connectivity index (χ3v) is 7.67. The molecule has 10 heteroatoms. The lowest BCUT2D eigenvalue weighted by molar-refractivity contribution is -0.170. The number of aryl methyl sites for hydroxylation is 1. The van der Waals surface area contributed by atoms with E-state index in [0.717, 1.165) is 32.8 Å². The maximum Gasteiger partial charge on any atom is 0.303 e. The maximum atomic E-state index is 15.4. The molecule has 2 aromatic carbocycles. The molecule has 0 spiro atoms. The van der Waals surface area contributed by atoms with E-state index in [4.69, 9.17) is 9.47 Å². The van der Waals surface area contributed by atoms with Crippen molar-refractivity contribution in [2.24, 2.45) is 0 Å². The number of ether oxygens (including phenoxy) is 2. The first-order chi connectivity index (χ1) is 18.2. The molecule has 0 saturated carbocycles. The van der Waals surface area contributed by atoms with Crippen LogP contribution in [0, 0.1) is 12.7 Å². The molecule has 1 aliphatic heterocycles. The molecule has 4 rings (SSSR count). The molecule has 0 unspecified atom stereocenters. The van der Waals surface area contributed by atoms with Crippen molar-refractivity contribution in [3.05, 3.63) is 53.1 Å². The third-order valence-electron chi connectivity index (χ3n) is 7.67. The lowest BCUT2D eigenvalue weighted by atomic mass is 9.91. The molecule has 2 heterocycles. The average molecular weight is 547 g/mol. The number of aliphatic hydroxyl groups is 1. The molecule has 7 nitrogen and oxygen atoms in total. The highest BCUT2D eigenvalue weighted by Crippen LogP contribution is 2.42. The van der Waals surface area contributed by atoms with Crippen molar-refractivity contribution >= 4 is 16.7 Å². The monoisotopic (exact) mass is 546 g/mol. The highest BCUT2D eigenvalue weighted by molar-refractivity contribution is 5.92. The standard InChI is InChI=1S/C29H37F3N4O3/c1-16-11-12-19(36(16)6)15-39-25-13-21-23(14-24(25)38-7)34-18(3)35-27(21)33-17(2)20-9-8-10-22(26(20)30)29(31,32)28(4,5)37/h8-10,13-14,16-17,19,37H,11-12,15H2,1-7H3,(H,33,34,35)/t16-,17+,19-/m0/s1. The van der Waals surface area contributed by atoms with Gasteiger partial charge >= 0.3 is 5.92 Å². The van der Waals surface area contributed by atoms with Gasteiger partial charge in [0.2, 0.25) is 0 Å². The molecule has 0 bridgehead atoms. The first-order valence-corrected chi connectivity index (χ1v) is 13.1. The van der Waals surface area contributed by atoms with Crippen LogP contribution in [0.1, 0.15) is 63.5 Å². The summed E-state index contributed by atoms with van der Waals surface area (Å²) in [6.07, 6.45) is 2.15. The van der Waals surface area contributed by atoms with Crippen molar-refractivity contribution in [1.29, 1.82) is 0 Å². The van der Waals surface area contributed by atoms with Gasteiger partial charge in [0.1, 0.15) is 29.7 Å². The zero-order valence-corrected chi connectivity index (χ0v) is 23.5. The third kappa shape index (κ3) is 5.63. The number of methoxy groups -OCH3 is 1. The van der Waals surface area contributed by atoms with Crippen LogP contribution in [0.5, 0.6) is 11.5 Å². The number of anilines is 1. The SMILES string of the molecule is COc1cc2nc(C)nc(N[C@H](C)c3cccc(C(F)(F)C(C)(C)O)c3F)c2cc1OC[C@@H]1CC[C@H](C)N1C. The molecule has 212 valence electrons. The van der Waals surface area contributed by atoms with Crippen LogP contribution in [0.25, 0.3) is 10.9 Å². The molecule has 3 atom stereocenters. The lowest BCUT2D eigenvalue weighted by Crippen LogP contribution is -2.41. The fraction of sp³-hybridized carbons (Fsp3) is 0.517. The second-order valence-corrected chi connectivity index (χ2v) is 10.9. The summed E-state index contributed by atoms with van der Waals surface area (Å²) in [5.41, 5.74) is -2.69. The largest absolute Gasteiger partial charge is 0.493 e. The Balaban J connectivity index is 1.68. The van der Waals surface area contributed by atoms with Crippen molar-refractivity contribution < 1.29 is 27.8 Å². The van der Waals surface area contributed by atoms with E-state index in [1.54, 1.807) is 33.1 Å². The van der Waals surface area contributed by atoms with Crippen molar-refractivity contribution in [2.75, 3.05) is 26.1 Å². The summed E-state index contributed by atoms with van der Waals surface area (Å²) in [5, 5.41) is 13.8. The number of aromatic nitrogens is 2. The van der Waals surface area contributed by atoms with Crippen LogP contribution in [0.15, 0.2) is 30.3 Å². The van der Waals surface area contributed by atoms with Crippen LogP contribution in [-0.4, -0.2) is 58.4 Å². The van der Waals surface area contributed by atoms with Crippen molar-refractivity contribution in [1.82, 2.24) is 14.9 Å². The fourth-order valence-electron chi connectivity index (χ4n) is 4.96. The Hall–Kier alpha value is -3.11. The number of likely N-dealkylation sites (tertiary alicyclic amines) is 1. The van der Waals surface area contributed by atoms with E-state index < -0.39 is 28.9 Å². The average Bonchev–Trinajstić information content (AvgIpc) is 3.18. The Morgan fingerprint density at radius 1 is 1.18 bits per heavy atom. The number of rotatable bonds is 9. The minimum atomic E-state index is -3.79. The normalized spacial score (nSPS) is 19.4. The smallest absolute Gasteiger partial charge is 0.303 e. The van der Waals surface area contributed by atoms with Gasteiger partial charge in [-0.1, -0.05) is 12.1 Å². The first-order valence-electron chi connectivity index (χ1n) is 13.1. The predicted molar refractivity (Wildman–Crippen MR) is 145 cm³/mol. The summed E-state index contributed by atoms with van der Waals surface area (Å²) in [6.45, 7) is 7.98. The van der Waals surface area contributed by atoms with Crippen LogP contribution in [0.2, 0.25) is 0 Å². The molecule has 1 fully saturated rings. The quantitative estimate of drug-likeness (QED) is 0.342. The van der Waals surface area contributed by atoms with E-state index in [-0.39, 0.29) is 11.6 Å².